The van der Waals surface area contributed by atoms with Crippen LogP contribution in [0.25, 0.3) is 0 Å². The summed E-state index contributed by atoms with van der Waals surface area (Å²) in [4.78, 5) is 27.0. The van der Waals surface area contributed by atoms with Crippen LogP contribution in [0.1, 0.15) is 31.2 Å². The molecule has 0 radical (unpaired) electrons. The number of carbonyl (C=O) groups excluding carboxylic acids is 2. The van der Waals surface area contributed by atoms with Crippen LogP contribution in [0.2, 0.25) is 0 Å². The molecular weight excluding hydrogens is 410 g/mol. The highest BCUT2D eigenvalue weighted by Gasteiger charge is 2.42. The quantitative estimate of drug-likeness (QED) is 0.736. The van der Waals surface area contributed by atoms with E-state index in [0.717, 1.165) is 36.0 Å². The minimum Gasteiger partial charge on any atom is -0.381 e. The number of amides is 2. The van der Waals surface area contributed by atoms with Gasteiger partial charge in [0.15, 0.2) is 0 Å². The zero-order valence-corrected chi connectivity index (χ0v) is 17.4. The lowest BCUT2D eigenvalue weighted by atomic mass is 9.73. The third-order valence-corrected chi connectivity index (χ3v) is 6.28. The van der Waals surface area contributed by atoms with Gasteiger partial charge in [0.1, 0.15) is 0 Å². The number of hydrogen-bond acceptors (Lipinski definition) is 4. The van der Waals surface area contributed by atoms with Crippen molar-refractivity contribution in [3.05, 3.63) is 34.3 Å². The highest BCUT2D eigenvalue weighted by Crippen LogP contribution is 2.36. The smallest absolute Gasteiger partial charge is 0.233 e. The van der Waals surface area contributed by atoms with E-state index in [4.69, 9.17) is 4.74 Å². The van der Waals surface area contributed by atoms with Crippen LogP contribution in [0, 0.1) is 0 Å². The summed E-state index contributed by atoms with van der Waals surface area (Å²) in [5.41, 5.74) is 0.543. The summed E-state index contributed by atoms with van der Waals surface area (Å²) in [5, 5.41) is 5.96. The van der Waals surface area contributed by atoms with E-state index in [1.54, 1.807) is 7.05 Å². The Labute approximate surface area is 169 Å². The molecule has 0 unspecified atom stereocenters. The maximum atomic E-state index is 13.3. The van der Waals surface area contributed by atoms with Gasteiger partial charge in [-0.3, -0.25) is 14.5 Å². The molecule has 0 atom stereocenters. The fraction of sp³-hybridized carbons (Fsp3) is 0.600. The number of carbonyl (C=O) groups is 2. The van der Waals surface area contributed by atoms with Gasteiger partial charge in [0.05, 0.1) is 12.0 Å². The van der Waals surface area contributed by atoms with Gasteiger partial charge in [-0.05, 0) is 43.4 Å². The van der Waals surface area contributed by atoms with E-state index in [0.29, 0.717) is 32.6 Å². The molecular formula is C20H28BrN3O3. The first-order valence-electron chi connectivity index (χ1n) is 9.61. The summed E-state index contributed by atoms with van der Waals surface area (Å²) >= 11 is 3.47. The Balaban J connectivity index is 1.64. The second kappa shape index (κ2) is 9.17. The van der Waals surface area contributed by atoms with Crippen molar-refractivity contribution in [1.29, 1.82) is 0 Å². The molecule has 3 rings (SSSR count). The predicted molar refractivity (Wildman–Crippen MR) is 108 cm³/mol. The highest BCUT2D eigenvalue weighted by atomic mass is 79.9. The second-order valence-corrected chi connectivity index (χ2v) is 8.31. The highest BCUT2D eigenvalue weighted by molar-refractivity contribution is 9.10. The molecule has 7 heteroatoms. The van der Waals surface area contributed by atoms with E-state index >= 15 is 0 Å². The molecule has 2 saturated heterocycles. The zero-order chi connectivity index (χ0) is 19.3. The molecule has 2 N–H and O–H groups in total. The standard InChI is InChI=1S/C20H28BrN3O3/c1-22-18(25)14-24-10-6-17(7-11-24)23-19(26)20(8-12-27-13-9-20)15-2-4-16(21)5-3-15/h2-5,17H,6-14H2,1H3,(H,22,25)(H,23,26). The average Bonchev–Trinajstić information content (AvgIpc) is 2.70. The Morgan fingerprint density at radius 1 is 1.19 bits per heavy atom. The first-order valence-corrected chi connectivity index (χ1v) is 10.4. The number of nitrogens with one attached hydrogen (secondary N) is 2. The third-order valence-electron chi connectivity index (χ3n) is 5.75. The Morgan fingerprint density at radius 3 is 2.41 bits per heavy atom. The normalized spacial score (nSPS) is 20.8. The molecule has 2 fully saturated rings. The largest absolute Gasteiger partial charge is 0.381 e. The van der Waals surface area contributed by atoms with Crippen LogP contribution in [0.15, 0.2) is 28.7 Å². The Kier molecular flexibility index (Phi) is 6.89. The molecule has 2 aliphatic heterocycles. The van der Waals surface area contributed by atoms with Gasteiger partial charge in [-0.15, -0.1) is 0 Å². The van der Waals surface area contributed by atoms with Crippen molar-refractivity contribution in [3.8, 4) is 0 Å². The Morgan fingerprint density at radius 2 is 1.81 bits per heavy atom. The first kappa shape index (κ1) is 20.3. The molecule has 27 heavy (non-hydrogen) atoms. The van der Waals surface area contributed by atoms with Crippen molar-refractivity contribution < 1.29 is 14.3 Å². The lowest BCUT2D eigenvalue weighted by molar-refractivity contribution is -0.131. The number of likely N-dealkylation sites (tertiary alicyclic amines) is 1. The van der Waals surface area contributed by atoms with E-state index < -0.39 is 5.41 Å². The molecule has 2 aliphatic rings. The van der Waals surface area contributed by atoms with E-state index in [9.17, 15) is 9.59 Å². The lowest BCUT2D eigenvalue weighted by Crippen LogP contribution is -2.53. The molecule has 6 nitrogen and oxygen atoms in total. The fourth-order valence-corrected chi connectivity index (χ4v) is 4.24. The van der Waals surface area contributed by atoms with Crippen LogP contribution in [0.5, 0.6) is 0 Å². The first-order chi connectivity index (χ1) is 13.0. The number of benzene rings is 1. The van der Waals surface area contributed by atoms with Gasteiger partial charge < -0.3 is 15.4 Å². The molecule has 0 aliphatic carbocycles. The molecule has 0 spiro atoms. The van der Waals surface area contributed by atoms with Crippen LogP contribution in [-0.4, -0.2) is 62.7 Å². The maximum Gasteiger partial charge on any atom is 0.233 e. The van der Waals surface area contributed by atoms with Gasteiger partial charge in [-0.25, -0.2) is 0 Å². The molecule has 0 saturated carbocycles. The zero-order valence-electron chi connectivity index (χ0n) is 15.8. The summed E-state index contributed by atoms with van der Waals surface area (Å²) in [6.07, 6.45) is 3.15. The molecule has 148 valence electrons. The minimum atomic E-state index is -0.516. The van der Waals surface area contributed by atoms with E-state index in [2.05, 4.69) is 31.5 Å². The van der Waals surface area contributed by atoms with Gasteiger partial charge >= 0.3 is 0 Å². The van der Waals surface area contributed by atoms with Crippen LogP contribution in [0.4, 0.5) is 0 Å². The summed E-state index contributed by atoms with van der Waals surface area (Å²) in [5.74, 6) is 0.145. The van der Waals surface area contributed by atoms with Gasteiger partial charge in [-0.2, -0.15) is 0 Å². The van der Waals surface area contributed by atoms with Crippen molar-refractivity contribution in [2.45, 2.75) is 37.1 Å². The molecule has 1 aromatic carbocycles. The van der Waals surface area contributed by atoms with E-state index in [-0.39, 0.29) is 17.9 Å². The summed E-state index contributed by atoms with van der Waals surface area (Å²) in [7, 11) is 1.66. The Hall–Kier alpha value is -1.44. The summed E-state index contributed by atoms with van der Waals surface area (Å²) in [6, 6.07) is 8.24. The van der Waals surface area contributed by atoms with E-state index in [1.807, 2.05) is 24.3 Å². The number of halogens is 1. The number of rotatable bonds is 5. The van der Waals surface area contributed by atoms with Crippen molar-refractivity contribution in [1.82, 2.24) is 15.5 Å². The molecule has 0 aromatic heterocycles. The lowest BCUT2D eigenvalue weighted by Gasteiger charge is -2.39. The predicted octanol–water partition coefficient (Wildman–Crippen LogP) is 1.82. The number of nitrogens with zero attached hydrogens (tertiary/aromatic N) is 1. The number of likely N-dealkylation sites (N-methyl/N-ethyl adjacent to an activating group) is 1. The molecule has 2 amide bonds. The number of ether oxygens (including phenoxy) is 1. The average molecular weight is 438 g/mol. The van der Waals surface area contributed by atoms with Gasteiger partial charge in [0.2, 0.25) is 11.8 Å². The number of hydrogen-bond donors (Lipinski definition) is 2. The van der Waals surface area contributed by atoms with Crippen LogP contribution < -0.4 is 10.6 Å². The number of piperidine rings is 1. The van der Waals surface area contributed by atoms with Gasteiger partial charge in [0.25, 0.3) is 0 Å². The SMILES string of the molecule is CNC(=O)CN1CCC(NC(=O)C2(c3ccc(Br)cc3)CCOCC2)CC1. The minimum absolute atomic E-state index is 0.0360. The fourth-order valence-electron chi connectivity index (χ4n) is 3.98. The van der Waals surface area contributed by atoms with Crippen LogP contribution in [0.3, 0.4) is 0 Å². The Bertz CT molecular complexity index is 651. The third kappa shape index (κ3) is 4.89. The van der Waals surface area contributed by atoms with Crippen molar-refractivity contribution in [2.24, 2.45) is 0 Å². The van der Waals surface area contributed by atoms with Crippen molar-refractivity contribution in [2.75, 3.05) is 39.9 Å². The maximum absolute atomic E-state index is 13.3. The van der Waals surface area contributed by atoms with Crippen LogP contribution >= 0.6 is 15.9 Å². The van der Waals surface area contributed by atoms with Crippen molar-refractivity contribution >= 4 is 27.7 Å². The summed E-state index contributed by atoms with van der Waals surface area (Å²) in [6.45, 7) is 3.29. The van der Waals surface area contributed by atoms with Gasteiger partial charge in [0, 0.05) is 43.9 Å². The molecule has 1 aromatic rings. The van der Waals surface area contributed by atoms with Crippen molar-refractivity contribution in [3.63, 3.8) is 0 Å². The monoisotopic (exact) mass is 437 g/mol. The van der Waals surface area contributed by atoms with Crippen LogP contribution in [-0.2, 0) is 19.7 Å². The molecule has 2 heterocycles. The second-order valence-electron chi connectivity index (χ2n) is 7.40. The van der Waals surface area contributed by atoms with Gasteiger partial charge in [-0.1, -0.05) is 28.1 Å². The topological polar surface area (TPSA) is 70.7 Å². The van der Waals surface area contributed by atoms with E-state index in [1.165, 1.54) is 0 Å². The summed E-state index contributed by atoms with van der Waals surface area (Å²) < 4.78 is 6.55. The molecule has 0 bridgehead atoms.